The molecule has 1 amide bonds. The molecule has 1 atom stereocenters. The van der Waals surface area contributed by atoms with E-state index in [0.29, 0.717) is 23.8 Å². The van der Waals surface area contributed by atoms with Gasteiger partial charge in [0.15, 0.2) is 5.82 Å². The highest BCUT2D eigenvalue weighted by Crippen LogP contribution is 2.41. The van der Waals surface area contributed by atoms with Crippen molar-refractivity contribution in [3.63, 3.8) is 0 Å². The third kappa shape index (κ3) is 5.12. The number of carbonyl (C=O) groups excluding carboxylic acids is 1. The molecule has 5 N–H and O–H groups in total. The number of hydrogen-bond donors (Lipinski definition) is 3. The lowest BCUT2D eigenvalue weighted by molar-refractivity contribution is -0.117. The van der Waals surface area contributed by atoms with Gasteiger partial charge in [-0.25, -0.2) is 13.7 Å². The number of nitrogens with two attached hydrogens (primary N) is 2. The van der Waals surface area contributed by atoms with Crippen molar-refractivity contribution in [1.29, 1.82) is 0 Å². The molecule has 1 aliphatic heterocycles. The van der Waals surface area contributed by atoms with E-state index in [2.05, 4.69) is 13.8 Å². The van der Waals surface area contributed by atoms with Crippen LogP contribution in [0.5, 0.6) is 0 Å². The Hall–Kier alpha value is -1.65. The highest BCUT2D eigenvalue weighted by Gasteiger charge is 2.30. The zero-order chi connectivity index (χ0) is 23.8. The summed E-state index contributed by atoms with van der Waals surface area (Å²) in [5, 5.41) is 14.5. The Morgan fingerprint density at radius 3 is 2.38 bits per heavy atom. The van der Waals surface area contributed by atoms with Crippen LogP contribution in [0.3, 0.4) is 0 Å². The fourth-order valence-corrected chi connectivity index (χ4v) is 6.17. The van der Waals surface area contributed by atoms with E-state index in [1.54, 1.807) is 0 Å². The number of amides is 1. The predicted octanol–water partition coefficient (Wildman–Crippen LogP) is 3.45. The lowest BCUT2D eigenvalue weighted by Gasteiger charge is -2.21. The summed E-state index contributed by atoms with van der Waals surface area (Å²) in [6, 6.07) is 1.16. The van der Waals surface area contributed by atoms with Crippen LogP contribution in [0, 0.1) is 5.82 Å². The minimum absolute atomic E-state index is 0.0304. The average molecular weight is 483 g/mol. The number of fused-ring (bicyclic) bond motifs is 3. The van der Waals surface area contributed by atoms with Crippen LogP contribution in [0.15, 0.2) is 10.3 Å². The average Bonchev–Trinajstić information content (AvgIpc) is 3.39. The quantitative estimate of drug-likeness (QED) is 0.605. The summed E-state index contributed by atoms with van der Waals surface area (Å²) in [6.07, 6.45) is 3.79. The summed E-state index contributed by atoms with van der Waals surface area (Å²) in [5.41, 5.74) is 12.5. The van der Waals surface area contributed by atoms with Crippen LogP contribution >= 0.6 is 11.3 Å². The summed E-state index contributed by atoms with van der Waals surface area (Å²) in [5.74, 6) is -0.437. The Morgan fingerprint density at radius 1 is 1.25 bits per heavy atom. The van der Waals surface area contributed by atoms with E-state index in [-0.39, 0.29) is 10.1 Å². The van der Waals surface area contributed by atoms with Gasteiger partial charge < -0.3 is 15.6 Å². The first-order valence-corrected chi connectivity index (χ1v) is 12.7. The summed E-state index contributed by atoms with van der Waals surface area (Å²) < 4.78 is 29.4. The van der Waals surface area contributed by atoms with Crippen molar-refractivity contribution in [3.05, 3.63) is 50.1 Å². The number of primary amides is 1. The first kappa shape index (κ1) is 25.0. The molecule has 9 heteroatoms. The normalized spacial score (nSPS) is 15.9. The van der Waals surface area contributed by atoms with Gasteiger partial charge in [0.25, 0.3) is 0 Å². The van der Waals surface area contributed by atoms with Crippen molar-refractivity contribution in [2.24, 2.45) is 10.9 Å². The van der Waals surface area contributed by atoms with Gasteiger partial charge in [-0.2, -0.15) is 0 Å². The molecule has 2 aromatic rings. The van der Waals surface area contributed by atoms with Gasteiger partial charge in [-0.15, -0.1) is 11.3 Å². The van der Waals surface area contributed by atoms with Gasteiger partial charge in [-0.1, -0.05) is 13.8 Å². The fraction of sp³-hybridized carbons (Fsp3) is 0.522. The monoisotopic (exact) mass is 482 g/mol. The molecule has 32 heavy (non-hydrogen) atoms. The van der Waals surface area contributed by atoms with Crippen molar-refractivity contribution >= 4 is 28.2 Å². The molecule has 0 spiro atoms. The Morgan fingerprint density at radius 2 is 1.88 bits per heavy atom. The van der Waals surface area contributed by atoms with Crippen molar-refractivity contribution in [1.82, 2.24) is 0 Å². The van der Waals surface area contributed by atoms with Crippen LogP contribution in [-0.4, -0.2) is 15.2 Å². The lowest BCUT2D eigenvalue weighted by Crippen LogP contribution is -2.18. The Bertz CT molecular complexity index is 1060. The summed E-state index contributed by atoms with van der Waals surface area (Å²) >= 11 is 0.924. The van der Waals surface area contributed by atoms with Crippen LogP contribution in [0.25, 0.3) is 0 Å². The molecule has 4 rings (SSSR count). The highest BCUT2D eigenvalue weighted by atomic mass is 32.2. The number of halogens is 1. The first-order chi connectivity index (χ1) is 14.9. The molecule has 0 bridgehead atoms. The standard InChI is InChI=1S/C16H21NO2.C7H10FNO2S2/c1-9(2)16-12(6-15(17)18)10-4-3-5-11(10)13-7-19-8-14(13)16;1-7(2,10)5-3-4(8)6(12-5)13(9)11/h9H,3-8H2,1-2H3,(H2,17,18);3,10H,9H2,1-2H3. The first-order valence-electron chi connectivity index (χ1n) is 10.6. The second-order valence-corrected chi connectivity index (χ2v) is 11.4. The molecule has 0 saturated carbocycles. The number of hydrogen-bond acceptors (Lipinski definition) is 5. The van der Waals surface area contributed by atoms with Crippen molar-refractivity contribution in [2.75, 3.05) is 0 Å². The molecule has 1 aliphatic carbocycles. The topological polar surface area (TPSA) is 116 Å². The zero-order valence-corrected chi connectivity index (χ0v) is 20.6. The van der Waals surface area contributed by atoms with Gasteiger partial charge >= 0.3 is 0 Å². The van der Waals surface area contributed by atoms with Gasteiger partial charge in [0.2, 0.25) is 5.91 Å². The van der Waals surface area contributed by atoms with E-state index in [1.165, 1.54) is 53.6 Å². The molecule has 0 saturated heterocycles. The molecule has 0 fully saturated rings. The van der Waals surface area contributed by atoms with E-state index in [0.717, 1.165) is 36.9 Å². The molecule has 2 heterocycles. The molecule has 0 radical (unpaired) electrons. The third-order valence-corrected chi connectivity index (χ3v) is 8.34. The lowest BCUT2D eigenvalue weighted by atomic mass is 9.83. The van der Waals surface area contributed by atoms with E-state index in [1.807, 2.05) is 0 Å². The minimum atomic E-state index is -1.82. The largest absolute Gasteiger partial charge is 0.385 e. The molecule has 6 nitrogen and oxygen atoms in total. The van der Waals surface area contributed by atoms with E-state index < -0.39 is 22.4 Å². The minimum Gasteiger partial charge on any atom is -0.385 e. The van der Waals surface area contributed by atoms with Crippen LogP contribution < -0.4 is 10.9 Å². The summed E-state index contributed by atoms with van der Waals surface area (Å²) in [6.45, 7) is 8.89. The number of rotatable bonds is 5. The number of carbonyl (C=O) groups is 1. The number of thiophene rings is 1. The molecular weight excluding hydrogens is 451 g/mol. The van der Waals surface area contributed by atoms with E-state index in [4.69, 9.17) is 15.6 Å². The number of benzene rings is 1. The molecule has 1 unspecified atom stereocenters. The van der Waals surface area contributed by atoms with Gasteiger partial charge in [0, 0.05) is 4.88 Å². The second kappa shape index (κ2) is 9.69. The summed E-state index contributed by atoms with van der Waals surface area (Å²) in [7, 11) is -1.82. The zero-order valence-electron chi connectivity index (χ0n) is 18.9. The van der Waals surface area contributed by atoms with Gasteiger partial charge in [-0.3, -0.25) is 4.79 Å². The molecule has 1 aromatic heterocycles. The Balaban J connectivity index is 0.000000195. The van der Waals surface area contributed by atoms with Crippen molar-refractivity contribution in [3.8, 4) is 0 Å². The highest BCUT2D eigenvalue weighted by molar-refractivity contribution is 7.85. The van der Waals surface area contributed by atoms with Crippen molar-refractivity contribution < 1.29 is 23.2 Å². The fourth-order valence-electron chi connectivity index (χ4n) is 4.56. The van der Waals surface area contributed by atoms with Gasteiger partial charge in [-0.05, 0) is 78.5 Å². The van der Waals surface area contributed by atoms with Gasteiger partial charge in [0.05, 0.1) is 25.2 Å². The smallest absolute Gasteiger partial charge is 0.221 e. The molecule has 176 valence electrons. The third-order valence-electron chi connectivity index (χ3n) is 5.82. The Kier molecular flexibility index (Phi) is 7.56. The van der Waals surface area contributed by atoms with Crippen LogP contribution in [0.2, 0.25) is 0 Å². The molecular formula is C23H31FN2O4S2. The maximum atomic E-state index is 13.0. The summed E-state index contributed by atoms with van der Waals surface area (Å²) in [4.78, 5) is 11.9. The van der Waals surface area contributed by atoms with Crippen LogP contribution in [0.4, 0.5) is 4.39 Å². The molecule has 1 aromatic carbocycles. The van der Waals surface area contributed by atoms with E-state index >= 15 is 0 Å². The van der Waals surface area contributed by atoms with Gasteiger partial charge in [0.1, 0.15) is 15.2 Å². The van der Waals surface area contributed by atoms with E-state index in [9.17, 15) is 18.5 Å². The second-order valence-electron chi connectivity index (χ2n) is 9.05. The van der Waals surface area contributed by atoms with Crippen LogP contribution in [-0.2, 0) is 58.6 Å². The van der Waals surface area contributed by atoms with Crippen molar-refractivity contribution in [2.45, 2.75) is 82.3 Å². The Labute approximate surface area is 194 Å². The maximum Gasteiger partial charge on any atom is 0.221 e. The maximum absolute atomic E-state index is 13.0. The number of aliphatic hydroxyl groups is 1. The SMILES string of the molecule is CC(C)(O)c1cc(F)c(S(N)=O)s1.CC(C)c1c2c(c3c(c1CC(N)=O)CCC3)COC2. The van der Waals surface area contributed by atoms with Crippen LogP contribution in [0.1, 0.15) is 78.3 Å². The predicted molar refractivity (Wildman–Crippen MR) is 124 cm³/mol. The molecule has 2 aliphatic rings. The number of ether oxygens (including phenoxy) is 1.